The number of nitrogens with zero attached hydrogens (tertiary/aromatic N) is 2. The maximum atomic E-state index is 13.2. The summed E-state index contributed by atoms with van der Waals surface area (Å²) < 4.78 is 10.7. The summed E-state index contributed by atoms with van der Waals surface area (Å²) in [5.41, 5.74) is 12.2. The average Bonchev–Trinajstić information content (AvgIpc) is 3.54. The Morgan fingerprint density at radius 1 is 1.12 bits per heavy atom. The van der Waals surface area contributed by atoms with Crippen LogP contribution in [0.4, 0.5) is 0 Å². The third-order valence-corrected chi connectivity index (χ3v) is 6.92. The molecule has 1 atom stereocenters. The van der Waals surface area contributed by atoms with Crippen molar-refractivity contribution in [3.8, 4) is 11.5 Å². The van der Waals surface area contributed by atoms with E-state index in [-0.39, 0.29) is 44.5 Å². The van der Waals surface area contributed by atoms with E-state index in [9.17, 15) is 9.59 Å². The summed E-state index contributed by atoms with van der Waals surface area (Å²) in [6.07, 6.45) is 9.51. The quantitative estimate of drug-likeness (QED) is 0.186. The fourth-order valence-electron chi connectivity index (χ4n) is 5.04. The second kappa shape index (κ2) is 11.4. The Kier molecular flexibility index (Phi) is 8.10. The lowest BCUT2D eigenvalue weighted by Gasteiger charge is -2.38. The molecule has 188 valence electrons. The third kappa shape index (κ3) is 5.91. The molecule has 10 heteroatoms. The number of carbonyl (C=O) groups is 2. The van der Waals surface area contributed by atoms with E-state index in [1.807, 2.05) is 6.92 Å². The van der Waals surface area contributed by atoms with Crippen LogP contribution in [-0.4, -0.2) is 54.0 Å². The Labute approximate surface area is 202 Å². The van der Waals surface area contributed by atoms with Crippen molar-refractivity contribution < 1.29 is 20.5 Å². The van der Waals surface area contributed by atoms with Crippen molar-refractivity contribution in [3.05, 3.63) is 23.8 Å². The number of nitrogens with one attached hydrogen (secondary N) is 3. The van der Waals surface area contributed by atoms with Crippen LogP contribution < -0.4 is 31.5 Å². The van der Waals surface area contributed by atoms with Gasteiger partial charge in [-0.25, -0.2) is 11.0 Å². The summed E-state index contributed by atoms with van der Waals surface area (Å²) in [6.45, 7) is 2.02. The summed E-state index contributed by atoms with van der Waals surface area (Å²) in [5.74, 6) is 1.33. The second-order valence-electron chi connectivity index (χ2n) is 9.29. The van der Waals surface area contributed by atoms with Crippen LogP contribution in [0.25, 0.3) is 0 Å². The Hall–Kier alpha value is -3.01. The Balaban J connectivity index is 0.00000342. The first kappa shape index (κ1) is 24.1. The molecule has 1 aromatic rings. The van der Waals surface area contributed by atoms with Crippen LogP contribution >= 0.6 is 0 Å². The van der Waals surface area contributed by atoms with Gasteiger partial charge >= 0.3 is 0 Å². The van der Waals surface area contributed by atoms with Gasteiger partial charge in [-0.1, -0.05) is 32.1 Å². The molecule has 34 heavy (non-hydrogen) atoms. The van der Waals surface area contributed by atoms with Crippen LogP contribution in [0, 0.1) is 0 Å². The van der Waals surface area contributed by atoms with E-state index in [0.29, 0.717) is 17.1 Å². The molecule has 0 radical (unpaired) electrons. The smallest absolute Gasteiger partial charge is 0.242 e. The summed E-state index contributed by atoms with van der Waals surface area (Å²) in [4.78, 5) is 27.9. The molecule has 0 saturated heterocycles. The molecule has 1 heterocycles. The van der Waals surface area contributed by atoms with Gasteiger partial charge in [-0.05, 0) is 50.8 Å². The highest BCUT2D eigenvalue weighted by molar-refractivity contribution is 5.98. The Morgan fingerprint density at radius 3 is 2.59 bits per heavy atom. The molecule has 2 aliphatic carbocycles. The molecule has 0 unspecified atom stereocenters. The zero-order valence-corrected chi connectivity index (χ0v) is 19.8. The van der Waals surface area contributed by atoms with Gasteiger partial charge in [0, 0.05) is 19.1 Å². The Bertz CT molecular complexity index is 902. The van der Waals surface area contributed by atoms with Crippen molar-refractivity contribution in [2.75, 3.05) is 13.3 Å². The van der Waals surface area contributed by atoms with E-state index in [4.69, 9.17) is 15.2 Å². The molecule has 0 spiro atoms. The van der Waals surface area contributed by atoms with Gasteiger partial charge in [0.15, 0.2) is 17.3 Å². The highest BCUT2D eigenvalue weighted by atomic mass is 16.7. The molecule has 0 aromatic heterocycles. The number of hydrogen-bond acceptors (Lipinski definition) is 7. The zero-order chi connectivity index (χ0) is 23.9. The van der Waals surface area contributed by atoms with Crippen LogP contribution in [0.2, 0.25) is 0 Å². The summed E-state index contributed by atoms with van der Waals surface area (Å²) in [5, 5.41) is 7.24. The standard InChI is InChI=1S/C24H36N6O4.H2/c1-16(24(32)27-18-7-5-6-8-18)30(19-9-3-2-4-10-19)22(31)14-26-29-28-23(25)17-11-12-20-21(13-17)34-15-33-20;/h11-13,16,18-19,26,29H,2-10,14-15H2,1H3,(H2,25,28)(H,27,32);1H/t16-;/m1./s1. The Morgan fingerprint density at radius 2 is 1.82 bits per heavy atom. The molecule has 2 fully saturated rings. The van der Waals surface area contributed by atoms with Crippen LogP contribution in [0.15, 0.2) is 23.3 Å². The first-order valence-electron chi connectivity index (χ1n) is 12.4. The molecular formula is C24H38N6O4. The van der Waals surface area contributed by atoms with Crippen LogP contribution in [-0.2, 0) is 9.59 Å². The number of amides is 2. The number of rotatable bonds is 9. The van der Waals surface area contributed by atoms with Crippen molar-refractivity contribution in [1.82, 2.24) is 21.2 Å². The molecular weight excluding hydrogens is 436 g/mol. The number of ether oxygens (including phenoxy) is 2. The highest BCUT2D eigenvalue weighted by Crippen LogP contribution is 2.32. The van der Waals surface area contributed by atoms with Gasteiger partial charge in [0.2, 0.25) is 18.6 Å². The lowest BCUT2D eigenvalue weighted by Crippen LogP contribution is -2.56. The first-order valence-corrected chi connectivity index (χ1v) is 12.4. The largest absolute Gasteiger partial charge is 0.454 e. The van der Waals surface area contributed by atoms with Gasteiger partial charge in [0.05, 0.1) is 6.54 Å². The third-order valence-electron chi connectivity index (χ3n) is 6.92. The van der Waals surface area contributed by atoms with Crippen LogP contribution in [0.1, 0.15) is 71.7 Å². The molecule has 10 nitrogen and oxygen atoms in total. The number of fused-ring (bicyclic) bond motifs is 1. The summed E-state index contributed by atoms with van der Waals surface area (Å²) in [7, 11) is 0. The minimum absolute atomic E-state index is 0. The van der Waals surface area contributed by atoms with Gasteiger partial charge in [-0.15, -0.1) is 5.10 Å². The summed E-state index contributed by atoms with van der Waals surface area (Å²) >= 11 is 0. The van der Waals surface area contributed by atoms with Crippen LogP contribution in [0.3, 0.4) is 0 Å². The van der Waals surface area contributed by atoms with E-state index in [1.54, 1.807) is 23.1 Å². The zero-order valence-electron chi connectivity index (χ0n) is 19.8. The predicted molar refractivity (Wildman–Crippen MR) is 130 cm³/mol. The van der Waals surface area contributed by atoms with E-state index in [0.717, 1.165) is 51.4 Å². The number of hydrazine groups is 1. The molecule has 4 rings (SSSR count). The SMILES string of the molecule is C[C@H](C(=O)NC1CCCC1)N(C(=O)CNN/N=C(\N)c1ccc2c(c1)OCO2)C1CCCCC1.[HH]. The molecule has 2 saturated carbocycles. The summed E-state index contributed by atoms with van der Waals surface area (Å²) in [6, 6.07) is 5.11. The molecule has 1 aliphatic heterocycles. The fourth-order valence-corrected chi connectivity index (χ4v) is 5.04. The van der Waals surface area contributed by atoms with Crippen molar-refractivity contribution >= 4 is 17.6 Å². The minimum Gasteiger partial charge on any atom is -0.454 e. The molecule has 2 amide bonds. The molecule has 5 N–H and O–H groups in total. The predicted octanol–water partition coefficient (Wildman–Crippen LogP) is 1.98. The maximum Gasteiger partial charge on any atom is 0.242 e. The number of amidine groups is 1. The maximum absolute atomic E-state index is 13.2. The second-order valence-corrected chi connectivity index (χ2v) is 9.29. The topological polar surface area (TPSA) is 130 Å². The normalized spacial score (nSPS) is 19.6. The molecule has 3 aliphatic rings. The number of carbonyl (C=O) groups excluding carboxylic acids is 2. The number of hydrazone groups is 1. The monoisotopic (exact) mass is 474 g/mol. The fraction of sp³-hybridized carbons (Fsp3) is 0.625. The van der Waals surface area contributed by atoms with Gasteiger partial charge in [-0.2, -0.15) is 0 Å². The highest BCUT2D eigenvalue weighted by Gasteiger charge is 2.33. The number of hydrogen-bond donors (Lipinski definition) is 4. The molecule has 0 bridgehead atoms. The van der Waals surface area contributed by atoms with Gasteiger partial charge in [-0.3, -0.25) is 9.59 Å². The average molecular weight is 475 g/mol. The van der Waals surface area contributed by atoms with E-state index < -0.39 is 6.04 Å². The van der Waals surface area contributed by atoms with Gasteiger partial charge in [0.25, 0.3) is 0 Å². The van der Waals surface area contributed by atoms with E-state index in [1.165, 1.54) is 6.42 Å². The van der Waals surface area contributed by atoms with Gasteiger partial charge < -0.3 is 25.4 Å². The van der Waals surface area contributed by atoms with Crippen molar-refractivity contribution in [3.63, 3.8) is 0 Å². The van der Waals surface area contributed by atoms with Gasteiger partial charge in [0.1, 0.15) is 6.04 Å². The number of nitrogens with two attached hydrogens (primary N) is 1. The lowest BCUT2D eigenvalue weighted by atomic mass is 9.93. The first-order chi connectivity index (χ1) is 16.5. The van der Waals surface area contributed by atoms with E-state index >= 15 is 0 Å². The van der Waals surface area contributed by atoms with Crippen molar-refractivity contribution in [2.45, 2.75) is 82.8 Å². The van der Waals surface area contributed by atoms with Crippen molar-refractivity contribution in [2.24, 2.45) is 10.8 Å². The van der Waals surface area contributed by atoms with Crippen LogP contribution in [0.5, 0.6) is 11.5 Å². The van der Waals surface area contributed by atoms with Crippen molar-refractivity contribution in [1.29, 1.82) is 0 Å². The van der Waals surface area contributed by atoms with E-state index in [2.05, 4.69) is 21.4 Å². The minimum atomic E-state index is -0.514. The molecule has 1 aromatic carbocycles. The lowest BCUT2D eigenvalue weighted by molar-refractivity contribution is -0.143. The number of benzene rings is 1.